The van der Waals surface area contributed by atoms with Crippen LogP contribution in [-0.4, -0.2) is 23.9 Å². The third kappa shape index (κ3) is 2.21. The number of carbonyl (C=O) groups excluding carboxylic acids is 1. The van der Waals surface area contributed by atoms with Crippen molar-refractivity contribution in [3.8, 4) is 11.5 Å². The lowest BCUT2D eigenvalue weighted by Gasteiger charge is -2.44. The van der Waals surface area contributed by atoms with Crippen molar-refractivity contribution in [1.82, 2.24) is 0 Å². The van der Waals surface area contributed by atoms with E-state index in [-0.39, 0.29) is 23.3 Å². The molecule has 1 saturated carbocycles. The van der Waals surface area contributed by atoms with Gasteiger partial charge in [0.15, 0.2) is 0 Å². The summed E-state index contributed by atoms with van der Waals surface area (Å²) in [6, 6.07) is 4.34. The van der Waals surface area contributed by atoms with Gasteiger partial charge in [-0.1, -0.05) is 6.92 Å². The number of Topliss-reactive ketones (excluding diaryl/α,β-unsaturated/α-hetero) is 1. The Hall–Kier alpha value is -2.11. The largest absolute Gasteiger partial charge is 0.497 e. The first kappa shape index (κ1) is 14.3. The van der Waals surface area contributed by atoms with Gasteiger partial charge in [-0.2, -0.15) is 0 Å². The molecule has 0 N–H and O–H groups in total. The Morgan fingerprint density at radius 3 is 2.70 bits per heavy atom. The average molecular weight is 279 g/mol. The highest BCUT2D eigenvalue weighted by Crippen LogP contribution is 2.44. The second kappa shape index (κ2) is 5.11. The molecule has 2 unspecified atom stereocenters. The summed E-state index contributed by atoms with van der Waals surface area (Å²) >= 11 is 0. The van der Waals surface area contributed by atoms with E-state index in [0.717, 1.165) is 0 Å². The number of benzene rings is 1. The van der Waals surface area contributed by atoms with Crippen molar-refractivity contribution in [3.05, 3.63) is 28.3 Å². The first-order valence-corrected chi connectivity index (χ1v) is 6.44. The van der Waals surface area contributed by atoms with E-state index in [1.807, 2.05) is 13.8 Å². The molecule has 6 heteroatoms. The maximum absolute atomic E-state index is 11.7. The van der Waals surface area contributed by atoms with E-state index in [1.165, 1.54) is 25.3 Å². The Bertz CT molecular complexity index is 556. The number of hydrogen-bond acceptors (Lipinski definition) is 5. The van der Waals surface area contributed by atoms with Crippen molar-refractivity contribution >= 4 is 11.5 Å². The summed E-state index contributed by atoms with van der Waals surface area (Å²) in [5.74, 6) is 0.761. The molecule has 0 aromatic heterocycles. The fourth-order valence-corrected chi connectivity index (χ4v) is 2.29. The van der Waals surface area contributed by atoms with E-state index in [0.29, 0.717) is 18.6 Å². The van der Waals surface area contributed by atoms with Crippen molar-refractivity contribution in [2.24, 2.45) is 5.41 Å². The Labute approximate surface area is 116 Å². The van der Waals surface area contributed by atoms with Crippen molar-refractivity contribution in [2.45, 2.75) is 32.8 Å². The van der Waals surface area contributed by atoms with Gasteiger partial charge in [-0.3, -0.25) is 14.9 Å². The zero-order valence-corrected chi connectivity index (χ0v) is 11.7. The molecule has 0 bridgehead atoms. The van der Waals surface area contributed by atoms with Crippen molar-refractivity contribution < 1.29 is 19.2 Å². The van der Waals surface area contributed by atoms with Gasteiger partial charge in [0.1, 0.15) is 17.6 Å². The predicted molar refractivity (Wildman–Crippen MR) is 72.1 cm³/mol. The third-order valence-corrected chi connectivity index (χ3v) is 4.09. The van der Waals surface area contributed by atoms with E-state index in [9.17, 15) is 14.9 Å². The highest BCUT2D eigenvalue weighted by molar-refractivity contribution is 5.92. The number of ether oxygens (including phenoxy) is 2. The molecule has 108 valence electrons. The number of nitro groups is 1. The molecule has 2 atom stereocenters. The standard InChI is InChI=1S/C14H17NO5/c1-4-14(2)12(16)8-13(14)20-11-7-9(19-3)5-6-10(11)15(17)18/h5-7,13H,4,8H2,1-3H3. The molecule has 20 heavy (non-hydrogen) atoms. The lowest BCUT2D eigenvalue weighted by atomic mass is 9.64. The number of nitrogens with zero attached hydrogens (tertiary/aromatic N) is 1. The SMILES string of the molecule is CCC1(C)C(=O)CC1Oc1cc(OC)ccc1[N+](=O)[O-]. The first-order valence-electron chi connectivity index (χ1n) is 6.44. The number of carbonyl (C=O) groups is 1. The molecule has 1 fully saturated rings. The fraction of sp³-hybridized carbons (Fsp3) is 0.500. The molecular formula is C14H17NO5. The smallest absolute Gasteiger partial charge is 0.311 e. The number of methoxy groups -OCH3 is 1. The monoisotopic (exact) mass is 279 g/mol. The van der Waals surface area contributed by atoms with Crippen LogP contribution in [0.25, 0.3) is 0 Å². The van der Waals surface area contributed by atoms with Gasteiger partial charge in [-0.05, 0) is 19.4 Å². The fourth-order valence-electron chi connectivity index (χ4n) is 2.29. The van der Waals surface area contributed by atoms with Crippen molar-refractivity contribution in [3.63, 3.8) is 0 Å². The molecule has 0 spiro atoms. The minimum atomic E-state index is -0.559. The molecule has 1 aromatic rings. The lowest BCUT2D eigenvalue weighted by Crippen LogP contribution is -2.54. The summed E-state index contributed by atoms with van der Waals surface area (Å²) in [4.78, 5) is 22.2. The summed E-state index contributed by atoms with van der Waals surface area (Å²) in [6.45, 7) is 3.74. The van der Waals surface area contributed by atoms with E-state index >= 15 is 0 Å². The Morgan fingerprint density at radius 2 is 2.20 bits per heavy atom. The van der Waals surface area contributed by atoms with Crippen LogP contribution in [0.1, 0.15) is 26.7 Å². The minimum Gasteiger partial charge on any atom is -0.497 e. The summed E-state index contributed by atoms with van der Waals surface area (Å²) in [7, 11) is 1.48. The van der Waals surface area contributed by atoms with Crippen LogP contribution in [-0.2, 0) is 4.79 Å². The Kier molecular flexibility index (Phi) is 3.65. The zero-order valence-electron chi connectivity index (χ0n) is 11.7. The number of hydrogen-bond donors (Lipinski definition) is 0. The molecule has 0 radical (unpaired) electrons. The second-order valence-electron chi connectivity index (χ2n) is 5.10. The molecule has 0 amide bonds. The van der Waals surface area contributed by atoms with Gasteiger partial charge in [0.25, 0.3) is 0 Å². The highest BCUT2D eigenvalue weighted by atomic mass is 16.6. The van der Waals surface area contributed by atoms with E-state index in [4.69, 9.17) is 9.47 Å². The summed E-state index contributed by atoms with van der Waals surface area (Å²) in [5.41, 5.74) is -0.680. The summed E-state index contributed by atoms with van der Waals surface area (Å²) in [6.07, 6.45) is 0.610. The van der Waals surface area contributed by atoms with Crippen LogP contribution in [0.15, 0.2) is 18.2 Å². The molecule has 1 aliphatic carbocycles. The van der Waals surface area contributed by atoms with Crippen LogP contribution in [0, 0.1) is 15.5 Å². The van der Waals surface area contributed by atoms with Gasteiger partial charge in [0, 0.05) is 18.6 Å². The van der Waals surface area contributed by atoms with Gasteiger partial charge in [0.05, 0.1) is 17.4 Å². The van der Waals surface area contributed by atoms with Gasteiger partial charge in [-0.15, -0.1) is 0 Å². The van der Waals surface area contributed by atoms with Crippen LogP contribution in [0.5, 0.6) is 11.5 Å². The van der Waals surface area contributed by atoms with Gasteiger partial charge in [-0.25, -0.2) is 0 Å². The quantitative estimate of drug-likeness (QED) is 0.611. The van der Waals surface area contributed by atoms with Crippen LogP contribution in [0.2, 0.25) is 0 Å². The zero-order chi connectivity index (χ0) is 14.9. The average Bonchev–Trinajstić information content (AvgIpc) is 2.45. The van der Waals surface area contributed by atoms with Crippen LogP contribution >= 0.6 is 0 Å². The van der Waals surface area contributed by atoms with E-state index in [1.54, 1.807) is 0 Å². The van der Waals surface area contributed by atoms with Gasteiger partial charge < -0.3 is 9.47 Å². The molecule has 0 heterocycles. The Morgan fingerprint density at radius 1 is 1.50 bits per heavy atom. The normalized spacial score (nSPS) is 24.9. The molecule has 0 saturated heterocycles. The van der Waals surface area contributed by atoms with Crippen LogP contribution in [0.3, 0.4) is 0 Å². The number of ketones is 1. The maximum Gasteiger partial charge on any atom is 0.311 e. The van der Waals surface area contributed by atoms with Crippen LogP contribution < -0.4 is 9.47 Å². The molecule has 1 aliphatic rings. The topological polar surface area (TPSA) is 78.7 Å². The van der Waals surface area contributed by atoms with E-state index < -0.39 is 10.3 Å². The number of rotatable bonds is 5. The molecule has 6 nitrogen and oxygen atoms in total. The van der Waals surface area contributed by atoms with Gasteiger partial charge in [0.2, 0.25) is 5.75 Å². The third-order valence-electron chi connectivity index (χ3n) is 4.09. The first-order chi connectivity index (χ1) is 9.42. The lowest BCUT2D eigenvalue weighted by molar-refractivity contribution is -0.386. The molecular weight excluding hydrogens is 262 g/mol. The molecule has 1 aromatic carbocycles. The highest BCUT2D eigenvalue weighted by Gasteiger charge is 2.52. The Balaban J connectivity index is 2.29. The van der Waals surface area contributed by atoms with Crippen molar-refractivity contribution in [1.29, 1.82) is 0 Å². The minimum absolute atomic E-state index is 0.122. The summed E-state index contributed by atoms with van der Waals surface area (Å²) < 4.78 is 10.8. The van der Waals surface area contributed by atoms with E-state index in [2.05, 4.69) is 0 Å². The van der Waals surface area contributed by atoms with Gasteiger partial charge >= 0.3 is 5.69 Å². The summed E-state index contributed by atoms with van der Waals surface area (Å²) in [5, 5.41) is 11.0. The van der Waals surface area contributed by atoms with Crippen LogP contribution in [0.4, 0.5) is 5.69 Å². The van der Waals surface area contributed by atoms with Crippen molar-refractivity contribution in [2.75, 3.05) is 7.11 Å². The predicted octanol–water partition coefficient (Wildman–Crippen LogP) is 2.74. The maximum atomic E-state index is 11.7. The second-order valence-corrected chi connectivity index (χ2v) is 5.10. The molecule has 2 rings (SSSR count). The number of nitro benzene ring substituents is 1. The molecule has 0 aliphatic heterocycles.